The Morgan fingerprint density at radius 3 is 2.41 bits per heavy atom. The van der Waals surface area contributed by atoms with E-state index in [4.69, 9.17) is 0 Å². The molecule has 158 valence electrons. The monoisotopic (exact) mass is 407 g/mol. The minimum absolute atomic E-state index is 0.0102. The number of aryl methyl sites for hydroxylation is 1. The molecule has 1 aliphatic rings. The third-order valence-corrected chi connectivity index (χ3v) is 5.82. The van der Waals surface area contributed by atoms with E-state index in [2.05, 4.69) is 4.98 Å². The molecule has 1 aliphatic carbocycles. The highest BCUT2D eigenvalue weighted by Crippen LogP contribution is 2.38. The molecular weight excluding hydrogens is 380 g/mol. The summed E-state index contributed by atoms with van der Waals surface area (Å²) in [6.45, 7) is 6.75. The molecule has 2 aromatic rings. The van der Waals surface area contributed by atoms with E-state index in [1.165, 1.54) is 0 Å². The number of carbonyl (C=O) groups excluding carboxylic acids is 1. The lowest BCUT2D eigenvalue weighted by Gasteiger charge is -2.28. The second-order valence-electron chi connectivity index (χ2n) is 7.77. The first-order chi connectivity index (χ1) is 13.7. The first-order valence-corrected chi connectivity index (χ1v) is 10.1. The van der Waals surface area contributed by atoms with Crippen LogP contribution in [0, 0.1) is 12.8 Å². The van der Waals surface area contributed by atoms with Gasteiger partial charge in [-0.1, -0.05) is 0 Å². The average molecular weight is 407 g/mol. The number of hydrogen-bond donors (Lipinski definition) is 1. The van der Waals surface area contributed by atoms with Crippen molar-refractivity contribution in [3.63, 3.8) is 0 Å². The van der Waals surface area contributed by atoms with Crippen molar-refractivity contribution in [1.82, 2.24) is 14.3 Å². The van der Waals surface area contributed by atoms with Gasteiger partial charge in [0.2, 0.25) is 5.92 Å². The maximum Gasteiger partial charge on any atom is 0.356 e. The number of imidazole rings is 1. The van der Waals surface area contributed by atoms with Gasteiger partial charge >= 0.3 is 5.97 Å². The van der Waals surface area contributed by atoms with Gasteiger partial charge in [0, 0.05) is 37.2 Å². The Kier molecular flexibility index (Phi) is 5.91. The van der Waals surface area contributed by atoms with Crippen LogP contribution in [0.2, 0.25) is 0 Å². The number of rotatable bonds is 6. The molecule has 0 atom stereocenters. The lowest BCUT2D eigenvalue weighted by molar-refractivity contribution is -0.0457. The van der Waals surface area contributed by atoms with Crippen LogP contribution in [0.25, 0.3) is 5.65 Å². The predicted octanol–water partition coefficient (Wildman–Crippen LogP) is 4.19. The number of nitrogens with zero attached hydrogens (tertiary/aromatic N) is 3. The zero-order valence-electron chi connectivity index (χ0n) is 17.0. The minimum Gasteiger partial charge on any atom is -0.476 e. The summed E-state index contributed by atoms with van der Waals surface area (Å²) in [6, 6.07) is 3.35. The van der Waals surface area contributed by atoms with Crippen molar-refractivity contribution in [3.8, 4) is 0 Å². The molecule has 1 amide bonds. The van der Waals surface area contributed by atoms with Gasteiger partial charge in [-0.3, -0.25) is 4.79 Å². The highest BCUT2D eigenvalue weighted by Gasteiger charge is 2.36. The molecule has 0 radical (unpaired) electrons. The van der Waals surface area contributed by atoms with Gasteiger partial charge < -0.3 is 14.4 Å². The van der Waals surface area contributed by atoms with Crippen molar-refractivity contribution in [2.24, 2.45) is 5.92 Å². The third kappa shape index (κ3) is 4.26. The number of halogens is 2. The van der Waals surface area contributed by atoms with Gasteiger partial charge in [0.25, 0.3) is 5.91 Å². The average Bonchev–Trinajstić information content (AvgIpc) is 3.03. The number of amides is 1. The summed E-state index contributed by atoms with van der Waals surface area (Å²) in [5, 5.41) is 9.64. The molecule has 0 bridgehead atoms. The summed E-state index contributed by atoms with van der Waals surface area (Å²) in [5.74, 6) is -3.91. The van der Waals surface area contributed by atoms with E-state index in [9.17, 15) is 23.5 Å². The van der Waals surface area contributed by atoms with Crippen LogP contribution in [0.3, 0.4) is 0 Å². The molecule has 29 heavy (non-hydrogen) atoms. The molecule has 8 heteroatoms. The smallest absolute Gasteiger partial charge is 0.356 e. The molecule has 2 aromatic heterocycles. The van der Waals surface area contributed by atoms with E-state index in [1.807, 2.05) is 13.8 Å². The minimum atomic E-state index is -2.62. The third-order valence-electron chi connectivity index (χ3n) is 5.82. The quantitative estimate of drug-likeness (QED) is 0.779. The van der Waals surface area contributed by atoms with Crippen LogP contribution in [0.4, 0.5) is 8.78 Å². The van der Waals surface area contributed by atoms with Gasteiger partial charge in [0.05, 0.1) is 5.69 Å². The van der Waals surface area contributed by atoms with Crippen LogP contribution in [-0.2, 0) is 6.42 Å². The van der Waals surface area contributed by atoms with Crippen molar-refractivity contribution in [1.29, 1.82) is 0 Å². The van der Waals surface area contributed by atoms with Crippen LogP contribution in [0.15, 0.2) is 12.1 Å². The molecule has 1 N–H and O–H groups in total. The summed E-state index contributed by atoms with van der Waals surface area (Å²) in [6.07, 6.45) is 0.757. The van der Waals surface area contributed by atoms with Gasteiger partial charge in [0.15, 0.2) is 5.69 Å². The fourth-order valence-corrected chi connectivity index (χ4v) is 4.19. The van der Waals surface area contributed by atoms with Crippen LogP contribution in [0.5, 0.6) is 0 Å². The second-order valence-corrected chi connectivity index (χ2v) is 7.77. The zero-order chi connectivity index (χ0) is 21.3. The number of carboxylic acids is 1. The van der Waals surface area contributed by atoms with Crippen molar-refractivity contribution >= 4 is 17.5 Å². The Hall–Kier alpha value is -2.51. The fraction of sp³-hybridized carbons (Fsp3) is 0.571. The molecule has 1 saturated carbocycles. The number of aromatic carboxylic acids is 1. The number of fused-ring (bicyclic) bond motifs is 1. The summed E-state index contributed by atoms with van der Waals surface area (Å²) in [7, 11) is 0. The van der Waals surface area contributed by atoms with Crippen molar-refractivity contribution in [2.75, 3.05) is 13.1 Å². The van der Waals surface area contributed by atoms with E-state index in [0.29, 0.717) is 55.0 Å². The van der Waals surface area contributed by atoms with Crippen LogP contribution in [0.1, 0.15) is 71.8 Å². The van der Waals surface area contributed by atoms with Gasteiger partial charge in [-0.15, -0.1) is 0 Å². The van der Waals surface area contributed by atoms with Gasteiger partial charge in [-0.05, 0) is 58.1 Å². The predicted molar refractivity (Wildman–Crippen MR) is 105 cm³/mol. The van der Waals surface area contributed by atoms with Crippen molar-refractivity contribution in [3.05, 3.63) is 34.8 Å². The molecule has 2 heterocycles. The number of carbonyl (C=O) groups is 2. The Morgan fingerprint density at radius 2 is 1.86 bits per heavy atom. The molecule has 0 saturated heterocycles. The van der Waals surface area contributed by atoms with Crippen LogP contribution < -0.4 is 0 Å². The number of carboxylic acid groups (broad SMARTS) is 1. The molecule has 0 spiro atoms. The summed E-state index contributed by atoms with van der Waals surface area (Å²) in [4.78, 5) is 30.5. The maximum atomic E-state index is 13.5. The number of aromatic nitrogens is 2. The van der Waals surface area contributed by atoms with Crippen molar-refractivity contribution in [2.45, 2.75) is 58.8 Å². The summed E-state index contributed by atoms with van der Waals surface area (Å²) in [5.41, 5.74) is 2.01. The molecule has 0 unspecified atom stereocenters. The fourth-order valence-electron chi connectivity index (χ4n) is 4.19. The maximum absolute atomic E-state index is 13.5. The largest absolute Gasteiger partial charge is 0.476 e. The summed E-state index contributed by atoms with van der Waals surface area (Å²) >= 11 is 0. The molecule has 6 nitrogen and oxygen atoms in total. The van der Waals surface area contributed by atoms with E-state index in [-0.39, 0.29) is 30.4 Å². The van der Waals surface area contributed by atoms with Gasteiger partial charge in [-0.25, -0.2) is 18.6 Å². The molecule has 3 rings (SSSR count). The van der Waals surface area contributed by atoms with E-state index in [1.54, 1.807) is 28.4 Å². The van der Waals surface area contributed by atoms with Gasteiger partial charge in [-0.2, -0.15) is 0 Å². The second kappa shape index (κ2) is 8.08. The standard InChI is InChI=1S/C21H27F2N3O3/c1-4-25(5-2)19(27)15-10-13(3)26-16(18(20(28)29)24-17(26)12-15)11-14-6-8-21(22,23)9-7-14/h10,12,14H,4-9,11H2,1-3H3,(H,28,29). The Morgan fingerprint density at radius 1 is 1.24 bits per heavy atom. The number of hydrogen-bond acceptors (Lipinski definition) is 3. The summed E-state index contributed by atoms with van der Waals surface area (Å²) < 4.78 is 28.7. The Balaban J connectivity index is 2.00. The zero-order valence-corrected chi connectivity index (χ0v) is 17.0. The van der Waals surface area contributed by atoms with E-state index < -0.39 is 11.9 Å². The normalized spacial score (nSPS) is 16.9. The number of alkyl halides is 2. The topological polar surface area (TPSA) is 74.9 Å². The lowest BCUT2D eigenvalue weighted by Crippen LogP contribution is -2.30. The van der Waals surface area contributed by atoms with Crippen LogP contribution in [-0.4, -0.2) is 50.3 Å². The SMILES string of the molecule is CCN(CC)C(=O)c1cc(C)n2c(CC3CCC(F)(F)CC3)c(C(=O)O)nc2c1. The molecule has 1 fully saturated rings. The van der Waals surface area contributed by atoms with Crippen LogP contribution >= 0.6 is 0 Å². The first-order valence-electron chi connectivity index (χ1n) is 10.1. The molecule has 0 aromatic carbocycles. The Bertz CT molecular complexity index is 925. The highest BCUT2D eigenvalue weighted by molar-refractivity contribution is 5.96. The molecule has 0 aliphatic heterocycles. The van der Waals surface area contributed by atoms with E-state index >= 15 is 0 Å². The van der Waals surface area contributed by atoms with Crippen molar-refractivity contribution < 1.29 is 23.5 Å². The first kappa shape index (κ1) is 21.2. The Labute approximate surface area is 168 Å². The lowest BCUT2D eigenvalue weighted by atomic mass is 9.83. The van der Waals surface area contributed by atoms with Gasteiger partial charge in [0.1, 0.15) is 5.65 Å². The molecular formula is C21H27F2N3O3. The highest BCUT2D eigenvalue weighted by atomic mass is 19.3. The number of pyridine rings is 1. The van der Waals surface area contributed by atoms with E-state index in [0.717, 1.165) is 0 Å².